The summed E-state index contributed by atoms with van der Waals surface area (Å²) in [6.45, 7) is 7.17. The van der Waals surface area contributed by atoms with Gasteiger partial charge in [0.1, 0.15) is 11.9 Å². The first-order chi connectivity index (χ1) is 12.0. The van der Waals surface area contributed by atoms with Crippen LogP contribution in [0.1, 0.15) is 36.4 Å². The molecule has 25 heavy (non-hydrogen) atoms. The Balaban J connectivity index is 1.98. The number of nitrogens with one attached hydrogen (secondary N) is 1. The highest BCUT2D eigenvalue weighted by Crippen LogP contribution is 2.21. The first-order valence-corrected chi connectivity index (χ1v) is 8.63. The first kappa shape index (κ1) is 17.0. The fourth-order valence-electron chi connectivity index (χ4n) is 3.23. The lowest BCUT2D eigenvalue weighted by Gasteiger charge is -2.24. The van der Waals surface area contributed by atoms with E-state index in [1.807, 2.05) is 13.8 Å². The topological polar surface area (TPSA) is 74.0 Å². The van der Waals surface area contributed by atoms with Crippen LogP contribution in [0.4, 0.5) is 5.82 Å². The number of hydrogen-bond donors (Lipinski definition) is 1. The number of benzene rings is 1. The number of fused-ring (bicyclic) bond motifs is 1. The van der Waals surface area contributed by atoms with Gasteiger partial charge in [0.2, 0.25) is 0 Å². The van der Waals surface area contributed by atoms with Gasteiger partial charge in [-0.3, -0.25) is 4.79 Å². The number of nitrogens with zero attached hydrogens (tertiary/aromatic N) is 4. The molecular formula is C19H23N5O. The zero-order chi connectivity index (χ0) is 18.0. The molecule has 0 aliphatic carbocycles. The van der Waals surface area contributed by atoms with E-state index in [0.29, 0.717) is 11.6 Å². The van der Waals surface area contributed by atoms with E-state index < -0.39 is 0 Å². The van der Waals surface area contributed by atoms with E-state index in [4.69, 9.17) is 0 Å². The van der Waals surface area contributed by atoms with E-state index in [-0.39, 0.29) is 17.2 Å². The van der Waals surface area contributed by atoms with Crippen LogP contribution in [-0.4, -0.2) is 28.8 Å². The number of nitriles is 1. The summed E-state index contributed by atoms with van der Waals surface area (Å²) in [5.41, 5.74) is 5.47. The van der Waals surface area contributed by atoms with Crippen LogP contribution in [0.25, 0.3) is 0 Å². The van der Waals surface area contributed by atoms with Crippen LogP contribution in [0.3, 0.4) is 0 Å². The average molecular weight is 337 g/mol. The first-order valence-electron chi connectivity index (χ1n) is 8.63. The van der Waals surface area contributed by atoms with Crippen molar-refractivity contribution in [2.45, 2.75) is 39.7 Å². The molecule has 0 spiro atoms. The van der Waals surface area contributed by atoms with Crippen LogP contribution in [0.2, 0.25) is 0 Å². The van der Waals surface area contributed by atoms with Crippen molar-refractivity contribution in [1.29, 1.82) is 5.26 Å². The molecule has 0 amide bonds. The second-order valence-corrected chi connectivity index (χ2v) is 6.65. The number of aromatic nitrogens is 2. The molecule has 2 heterocycles. The van der Waals surface area contributed by atoms with Crippen molar-refractivity contribution in [3.05, 3.63) is 57.1 Å². The molecule has 6 heteroatoms. The fraction of sp³-hybridized carbons (Fsp3) is 0.421. The SMILES string of the molecule is Cc1nc(N2CCc3ccccc3CC2)c(C#N)c(=O)n1NC(C)C. The van der Waals surface area contributed by atoms with Crippen LogP contribution in [0.15, 0.2) is 29.1 Å². The van der Waals surface area contributed by atoms with Crippen LogP contribution >= 0.6 is 0 Å². The number of anilines is 1. The van der Waals surface area contributed by atoms with Gasteiger partial charge in [-0.05, 0) is 44.7 Å². The zero-order valence-corrected chi connectivity index (χ0v) is 14.9. The molecule has 0 saturated heterocycles. The minimum Gasteiger partial charge on any atom is -0.355 e. The van der Waals surface area contributed by atoms with Gasteiger partial charge >= 0.3 is 0 Å². The van der Waals surface area contributed by atoms with E-state index in [1.165, 1.54) is 15.8 Å². The maximum Gasteiger partial charge on any atom is 0.292 e. The van der Waals surface area contributed by atoms with Gasteiger partial charge in [-0.25, -0.2) is 9.66 Å². The standard InChI is InChI=1S/C19H23N5O/c1-13(2)22-24-14(3)21-18(17(12-20)19(24)25)23-10-8-15-6-4-5-7-16(15)9-11-23/h4-7,13,22H,8-11H2,1-3H3. The Morgan fingerprint density at radius 3 is 2.32 bits per heavy atom. The van der Waals surface area contributed by atoms with Gasteiger partial charge in [0.25, 0.3) is 5.56 Å². The molecular weight excluding hydrogens is 314 g/mol. The Labute approximate surface area is 147 Å². The molecule has 0 fully saturated rings. The summed E-state index contributed by atoms with van der Waals surface area (Å²) >= 11 is 0. The Hall–Kier alpha value is -2.81. The van der Waals surface area contributed by atoms with Gasteiger partial charge < -0.3 is 10.3 Å². The fourth-order valence-corrected chi connectivity index (χ4v) is 3.23. The Morgan fingerprint density at radius 1 is 1.20 bits per heavy atom. The molecule has 0 radical (unpaired) electrons. The molecule has 130 valence electrons. The van der Waals surface area contributed by atoms with Gasteiger partial charge in [0.15, 0.2) is 11.4 Å². The van der Waals surface area contributed by atoms with Crippen molar-refractivity contribution in [3.8, 4) is 6.07 Å². The Kier molecular flexibility index (Phi) is 4.75. The van der Waals surface area contributed by atoms with Crippen molar-refractivity contribution in [3.63, 3.8) is 0 Å². The van der Waals surface area contributed by atoms with Gasteiger partial charge in [-0.1, -0.05) is 24.3 Å². The van der Waals surface area contributed by atoms with Crippen LogP contribution < -0.4 is 15.9 Å². The second kappa shape index (κ2) is 6.98. The van der Waals surface area contributed by atoms with Crippen molar-refractivity contribution >= 4 is 5.82 Å². The smallest absolute Gasteiger partial charge is 0.292 e. The molecule has 1 aromatic heterocycles. The summed E-state index contributed by atoms with van der Waals surface area (Å²) in [6, 6.07) is 10.5. The molecule has 0 atom stereocenters. The molecule has 0 saturated carbocycles. The Morgan fingerprint density at radius 2 is 1.80 bits per heavy atom. The Bertz CT molecular complexity index is 851. The third kappa shape index (κ3) is 3.36. The quantitative estimate of drug-likeness (QED) is 0.927. The summed E-state index contributed by atoms with van der Waals surface area (Å²) in [4.78, 5) is 19.4. The maximum atomic E-state index is 12.7. The van der Waals surface area contributed by atoms with E-state index in [0.717, 1.165) is 25.9 Å². The molecule has 0 bridgehead atoms. The molecule has 3 rings (SSSR count). The molecule has 1 N–H and O–H groups in total. The molecule has 1 aromatic carbocycles. The van der Waals surface area contributed by atoms with Crippen molar-refractivity contribution < 1.29 is 0 Å². The number of rotatable bonds is 3. The van der Waals surface area contributed by atoms with Crippen molar-refractivity contribution in [2.24, 2.45) is 0 Å². The monoisotopic (exact) mass is 337 g/mol. The highest BCUT2D eigenvalue weighted by molar-refractivity contribution is 5.54. The normalized spacial score (nSPS) is 14.0. The molecule has 1 aliphatic heterocycles. The minimum atomic E-state index is -0.333. The predicted molar refractivity (Wildman–Crippen MR) is 98.5 cm³/mol. The van der Waals surface area contributed by atoms with Crippen LogP contribution in [0.5, 0.6) is 0 Å². The lowest BCUT2D eigenvalue weighted by atomic mass is 10.0. The number of hydrogen-bond acceptors (Lipinski definition) is 5. The van der Waals surface area contributed by atoms with Gasteiger partial charge in [-0.15, -0.1) is 0 Å². The molecule has 2 aromatic rings. The largest absolute Gasteiger partial charge is 0.355 e. The molecule has 0 unspecified atom stereocenters. The van der Waals surface area contributed by atoms with E-state index >= 15 is 0 Å². The van der Waals surface area contributed by atoms with Crippen molar-refractivity contribution in [2.75, 3.05) is 23.4 Å². The zero-order valence-electron chi connectivity index (χ0n) is 14.9. The van der Waals surface area contributed by atoms with Gasteiger partial charge in [0.05, 0.1) is 0 Å². The van der Waals surface area contributed by atoms with E-state index in [2.05, 4.69) is 45.6 Å². The molecule has 6 nitrogen and oxygen atoms in total. The van der Waals surface area contributed by atoms with E-state index in [9.17, 15) is 10.1 Å². The summed E-state index contributed by atoms with van der Waals surface area (Å²) in [6.07, 6.45) is 1.77. The lowest BCUT2D eigenvalue weighted by molar-refractivity contribution is 0.669. The average Bonchev–Trinajstić information content (AvgIpc) is 2.80. The minimum absolute atomic E-state index is 0.0725. The maximum absolute atomic E-state index is 12.7. The predicted octanol–water partition coefficient (Wildman–Crippen LogP) is 1.98. The highest BCUT2D eigenvalue weighted by Gasteiger charge is 2.22. The summed E-state index contributed by atoms with van der Waals surface area (Å²) < 4.78 is 1.37. The van der Waals surface area contributed by atoms with Gasteiger partial charge in [-0.2, -0.15) is 5.26 Å². The summed E-state index contributed by atoms with van der Waals surface area (Å²) in [5.74, 6) is 1.06. The third-order valence-corrected chi connectivity index (χ3v) is 4.45. The van der Waals surface area contributed by atoms with Crippen molar-refractivity contribution in [1.82, 2.24) is 9.66 Å². The third-order valence-electron chi connectivity index (χ3n) is 4.45. The van der Waals surface area contributed by atoms with Crippen LogP contribution in [0, 0.1) is 18.3 Å². The lowest BCUT2D eigenvalue weighted by Crippen LogP contribution is -2.39. The van der Waals surface area contributed by atoms with E-state index in [1.54, 1.807) is 6.92 Å². The molecule has 1 aliphatic rings. The highest BCUT2D eigenvalue weighted by atomic mass is 16.1. The van der Waals surface area contributed by atoms with Gasteiger partial charge in [0, 0.05) is 19.1 Å². The second-order valence-electron chi connectivity index (χ2n) is 6.65. The summed E-state index contributed by atoms with van der Waals surface area (Å²) in [5, 5.41) is 9.57. The number of aryl methyl sites for hydroxylation is 1. The van der Waals surface area contributed by atoms with Crippen LogP contribution in [-0.2, 0) is 12.8 Å². The summed E-state index contributed by atoms with van der Waals surface area (Å²) in [7, 11) is 0.